The molecule has 3 aromatic carbocycles. The molecule has 0 fully saturated rings. The summed E-state index contributed by atoms with van der Waals surface area (Å²) in [4.78, 5) is 4.58. The van der Waals surface area contributed by atoms with Gasteiger partial charge in [-0.25, -0.2) is 0 Å². The molecule has 0 radical (unpaired) electrons. The lowest BCUT2D eigenvalue weighted by Gasteiger charge is -2.01. The van der Waals surface area contributed by atoms with Crippen LogP contribution in [0, 0.1) is 0 Å². The highest BCUT2D eigenvalue weighted by Crippen LogP contribution is 2.25. The van der Waals surface area contributed by atoms with E-state index < -0.39 is 0 Å². The van der Waals surface area contributed by atoms with Crippen molar-refractivity contribution in [2.75, 3.05) is 0 Å². The van der Waals surface area contributed by atoms with E-state index in [-0.39, 0.29) is 0 Å². The van der Waals surface area contributed by atoms with Crippen LogP contribution in [0.5, 0.6) is 0 Å². The summed E-state index contributed by atoms with van der Waals surface area (Å²) in [7, 11) is 0. The number of fused-ring (bicyclic) bond motifs is 1. The topological polar surface area (TPSA) is 12.4 Å². The Morgan fingerprint density at radius 3 is 2.28 bits per heavy atom. The summed E-state index contributed by atoms with van der Waals surface area (Å²) in [6, 6.07) is 24.6. The van der Waals surface area contributed by atoms with E-state index in [1.807, 2.05) is 48.7 Å². The Kier molecular flexibility index (Phi) is 2.89. The van der Waals surface area contributed by atoms with Gasteiger partial charge in [-0.15, -0.1) is 0 Å². The molecule has 3 aromatic rings. The van der Waals surface area contributed by atoms with Crippen LogP contribution >= 0.6 is 0 Å². The molecule has 1 nitrogen and oxygen atoms in total. The van der Waals surface area contributed by atoms with Gasteiger partial charge < -0.3 is 0 Å². The molecule has 0 aliphatic rings. The monoisotopic (exact) mass is 231 g/mol. The zero-order chi connectivity index (χ0) is 12.2. The Labute approximate surface area is 106 Å². The van der Waals surface area contributed by atoms with Crippen molar-refractivity contribution in [2.24, 2.45) is 4.99 Å². The van der Waals surface area contributed by atoms with Gasteiger partial charge in [-0.1, -0.05) is 66.7 Å². The lowest BCUT2D eigenvalue weighted by atomic mass is 10.1. The molecular weight excluding hydrogens is 218 g/mol. The number of aliphatic imine (C=N–C) groups is 1. The lowest BCUT2D eigenvalue weighted by Crippen LogP contribution is -1.79. The summed E-state index contributed by atoms with van der Waals surface area (Å²) in [6.07, 6.45) is 1.90. The summed E-state index contributed by atoms with van der Waals surface area (Å²) in [5.74, 6) is 0. The SMILES string of the molecule is C(=N/c1cccc2ccccc12)/c1ccccc1. The molecule has 0 heterocycles. The fourth-order valence-electron chi connectivity index (χ4n) is 2.00. The predicted molar refractivity (Wildman–Crippen MR) is 77.6 cm³/mol. The van der Waals surface area contributed by atoms with Gasteiger partial charge in [0.05, 0.1) is 5.69 Å². The van der Waals surface area contributed by atoms with Gasteiger partial charge in [-0.05, 0) is 17.0 Å². The molecule has 0 aliphatic heterocycles. The minimum absolute atomic E-state index is 1.01. The molecule has 0 N–H and O–H groups in total. The van der Waals surface area contributed by atoms with E-state index in [1.165, 1.54) is 10.8 Å². The summed E-state index contributed by atoms with van der Waals surface area (Å²) in [6.45, 7) is 0. The maximum Gasteiger partial charge on any atom is 0.0708 e. The Morgan fingerprint density at radius 2 is 1.39 bits per heavy atom. The van der Waals surface area contributed by atoms with E-state index in [1.54, 1.807) is 0 Å². The van der Waals surface area contributed by atoms with Crippen LogP contribution in [0.2, 0.25) is 0 Å². The van der Waals surface area contributed by atoms with Gasteiger partial charge in [0.15, 0.2) is 0 Å². The lowest BCUT2D eigenvalue weighted by molar-refractivity contribution is 1.56. The summed E-state index contributed by atoms with van der Waals surface area (Å²) < 4.78 is 0. The zero-order valence-electron chi connectivity index (χ0n) is 9.95. The molecule has 0 amide bonds. The van der Waals surface area contributed by atoms with Crippen molar-refractivity contribution in [1.82, 2.24) is 0 Å². The Balaban J connectivity index is 2.03. The highest BCUT2D eigenvalue weighted by molar-refractivity contribution is 5.95. The van der Waals surface area contributed by atoms with E-state index >= 15 is 0 Å². The number of nitrogens with zero attached hydrogens (tertiary/aromatic N) is 1. The van der Waals surface area contributed by atoms with Gasteiger partial charge in [0.1, 0.15) is 0 Å². The fraction of sp³-hybridized carbons (Fsp3) is 0. The van der Waals surface area contributed by atoms with Crippen molar-refractivity contribution in [3.05, 3.63) is 78.4 Å². The van der Waals surface area contributed by atoms with Gasteiger partial charge in [-0.3, -0.25) is 4.99 Å². The third-order valence-corrected chi connectivity index (χ3v) is 2.92. The van der Waals surface area contributed by atoms with E-state index in [4.69, 9.17) is 0 Å². The van der Waals surface area contributed by atoms with Crippen molar-refractivity contribution >= 4 is 22.7 Å². The van der Waals surface area contributed by atoms with Crippen LogP contribution < -0.4 is 0 Å². The van der Waals surface area contributed by atoms with Gasteiger partial charge in [0.25, 0.3) is 0 Å². The first-order valence-corrected chi connectivity index (χ1v) is 6.00. The molecule has 3 rings (SSSR count). The molecule has 0 aromatic heterocycles. The second-order valence-electron chi connectivity index (χ2n) is 4.17. The highest BCUT2D eigenvalue weighted by atomic mass is 14.7. The van der Waals surface area contributed by atoms with E-state index in [0.717, 1.165) is 11.3 Å². The van der Waals surface area contributed by atoms with Crippen LogP contribution in [0.25, 0.3) is 10.8 Å². The largest absolute Gasteiger partial charge is 0.256 e. The van der Waals surface area contributed by atoms with Crippen LogP contribution in [0.3, 0.4) is 0 Å². The summed E-state index contributed by atoms with van der Waals surface area (Å²) >= 11 is 0. The third kappa shape index (κ3) is 2.16. The maximum atomic E-state index is 4.58. The van der Waals surface area contributed by atoms with E-state index in [2.05, 4.69) is 35.3 Å². The molecule has 0 atom stereocenters. The van der Waals surface area contributed by atoms with Gasteiger partial charge in [0, 0.05) is 11.6 Å². The van der Waals surface area contributed by atoms with Crippen molar-refractivity contribution in [2.45, 2.75) is 0 Å². The van der Waals surface area contributed by atoms with E-state index in [9.17, 15) is 0 Å². The first kappa shape index (κ1) is 10.7. The quantitative estimate of drug-likeness (QED) is 0.572. The fourth-order valence-corrected chi connectivity index (χ4v) is 2.00. The van der Waals surface area contributed by atoms with Gasteiger partial charge in [0.2, 0.25) is 0 Å². The second kappa shape index (κ2) is 4.84. The smallest absolute Gasteiger partial charge is 0.0708 e. The average Bonchev–Trinajstić information content (AvgIpc) is 2.46. The predicted octanol–water partition coefficient (Wildman–Crippen LogP) is 4.59. The van der Waals surface area contributed by atoms with Crippen molar-refractivity contribution in [1.29, 1.82) is 0 Å². The van der Waals surface area contributed by atoms with Crippen molar-refractivity contribution in [3.8, 4) is 0 Å². The normalized spacial score (nSPS) is 11.1. The summed E-state index contributed by atoms with van der Waals surface area (Å²) in [5.41, 5.74) is 2.13. The minimum atomic E-state index is 1.01. The molecule has 0 bridgehead atoms. The number of hydrogen-bond donors (Lipinski definition) is 0. The second-order valence-corrected chi connectivity index (χ2v) is 4.17. The molecule has 86 valence electrons. The van der Waals surface area contributed by atoms with Crippen LogP contribution in [-0.2, 0) is 0 Å². The maximum absolute atomic E-state index is 4.58. The first-order chi connectivity index (χ1) is 8.93. The molecule has 0 saturated carbocycles. The van der Waals surface area contributed by atoms with Crippen LogP contribution in [0.4, 0.5) is 5.69 Å². The molecule has 1 heteroatoms. The van der Waals surface area contributed by atoms with E-state index in [0.29, 0.717) is 0 Å². The van der Waals surface area contributed by atoms with Crippen LogP contribution in [0.1, 0.15) is 5.56 Å². The van der Waals surface area contributed by atoms with Crippen molar-refractivity contribution in [3.63, 3.8) is 0 Å². The first-order valence-electron chi connectivity index (χ1n) is 6.00. The molecular formula is C17H13N. The number of benzene rings is 3. The Bertz CT molecular complexity index is 679. The molecule has 18 heavy (non-hydrogen) atoms. The zero-order valence-corrected chi connectivity index (χ0v) is 9.95. The third-order valence-electron chi connectivity index (χ3n) is 2.92. The van der Waals surface area contributed by atoms with Crippen LogP contribution in [-0.4, -0.2) is 6.21 Å². The van der Waals surface area contributed by atoms with Gasteiger partial charge >= 0.3 is 0 Å². The minimum Gasteiger partial charge on any atom is -0.256 e. The Hall–Kier alpha value is -2.41. The summed E-state index contributed by atoms with van der Waals surface area (Å²) in [5, 5.41) is 2.41. The highest BCUT2D eigenvalue weighted by Gasteiger charge is 1.96. The molecule has 0 saturated heterocycles. The Morgan fingerprint density at radius 1 is 0.667 bits per heavy atom. The van der Waals surface area contributed by atoms with Crippen molar-refractivity contribution < 1.29 is 0 Å². The number of hydrogen-bond acceptors (Lipinski definition) is 1. The van der Waals surface area contributed by atoms with Gasteiger partial charge in [-0.2, -0.15) is 0 Å². The average molecular weight is 231 g/mol. The molecule has 0 aliphatic carbocycles. The standard InChI is InChI=1S/C17H13N/c1-2-7-14(8-3-1)13-18-17-12-6-10-15-9-4-5-11-16(15)17/h1-13H/b18-13-. The molecule has 0 unspecified atom stereocenters. The molecule has 0 spiro atoms. The number of rotatable bonds is 2. The van der Waals surface area contributed by atoms with Crippen LogP contribution in [0.15, 0.2) is 77.8 Å².